The van der Waals surface area contributed by atoms with E-state index in [2.05, 4.69) is 10.5 Å². The Labute approximate surface area is 126 Å². The van der Waals surface area contributed by atoms with E-state index in [1.54, 1.807) is 25.1 Å². The Morgan fingerprint density at radius 3 is 2.67 bits per heavy atom. The number of phenols is 2. The molecule has 0 aliphatic heterocycles. The van der Waals surface area contributed by atoms with Crippen molar-refractivity contribution in [3.63, 3.8) is 0 Å². The van der Waals surface area contributed by atoms with Gasteiger partial charge in [-0.15, -0.1) is 0 Å². The molecule has 6 heteroatoms. The average molecular weight is 305 g/mol. The number of hydrogen-bond acceptors (Lipinski definition) is 4. The molecular weight excluding hydrogens is 292 g/mol. The van der Waals surface area contributed by atoms with Crippen LogP contribution in [0.25, 0.3) is 0 Å². The van der Waals surface area contributed by atoms with Gasteiger partial charge in [-0.3, -0.25) is 4.79 Å². The molecule has 2 aromatic carbocycles. The van der Waals surface area contributed by atoms with Gasteiger partial charge in [0.05, 0.1) is 5.71 Å². The fourth-order valence-electron chi connectivity index (χ4n) is 1.70. The summed E-state index contributed by atoms with van der Waals surface area (Å²) in [6.45, 7) is 1.60. The van der Waals surface area contributed by atoms with E-state index in [0.717, 1.165) is 0 Å². The minimum atomic E-state index is -0.420. The molecule has 0 aromatic heterocycles. The lowest BCUT2D eigenvalue weighted by Crippen LogP contribution is -2.19. The van der Waals surface area contributed by atoms with Crippen molar-refractivity contribution in [1.29, 1.82) is 0 Å². The van der Waals surface area contributed by atoms with Crippen LogP contribution in [-0.4, -0.2) is 21.8 Å². The number of amides is 1. The molecule has 0 heterocycles. The van der Waals surface area contributed by atoms with Crippen LogP contribution in [0.5, 0.6) is 11.5 Å². The van der Waals surface area contributed by atoms with Gasteiger partial charge in [-0.1, -0.05) is 17.7 Å². The normalized spacial score (nSPS) is 11.2. The molecule has 21 heavy (non-hydrogen) atoms. The van der Waals surface area contributed by atoms with E-state index in [4.69, 9.17) is 11.6 Å². The zero-order chi connectivity index (χ0) is 15.4. The molecule has 2 rings (SSSR count). The maximum Gasteiger partial charge on any atom is 0.271 e. The van der Waals surface area contributed by atoms with Crippen LogP contribution < -0.4 is 5.43 Å². The molecule has 0 unspecified atom stereocenters. The van der Waals surface area contributed by atoms with E-state index in [1.807, 2.05) is 0 Å². The number of hydrazone groups is 1. The van der Waals surface area contributed by atoms with E-state index >= 15 is 0 Å². The summed E-state index contributed by atoms with van der Waals surface area (Å²) in [5.74, 6) is -0.457. The number of aromatic hydroxyl groups is 2. The van der Waals surface area contributed by atoms with Gasteiger partial charge in [0.25, 0.3) is 5.91 Å². The maximum atomic E-state index is 11.9. The standard InChI is InChI=1S/C15H13ClN2O3/c1-9(13-8-12(19)5-6-14(13)20)17-18-15(21)10-3-2-4-11(16)7-10/h2-8,19-20H,1H3,(H,18,21). The van der Waals surface area contributed by atoms with Crippen LogP contribution in [-0.2, 0) is 0 Å². The van der Waals surface area contributed by atoms with E-state index in [9.17, 15) is 15.0 Å². The van der Waals surface area contributed by atoms with Gasteiger partial charge in [-0.05, 0) is 43.3 Å². The number of carbonyl (C=O) groups excluding carboxylic acids is 1. The number of halogens is 1. The highest BCUT2D eigenvalue weighted by atomic mass is 35.5. The molecule has 0 atom stereocenters. The van der Waals surface area contributed by atoms with Gasteiger partial charge in [0, 0.05) is 16.1 Å². The van der Waals surface area contributed by atoms with Crippen molar-refractivity contribution in [2.24, 2.45) is 5.10 Å². The van der Waals surface area contributed by atoms with Gasteiger partial charge < -0.3 is 10.2 Å². The Hall–Kier alpha value is -2.53. The van der Waals surface area contributed by atoms with Crippen LogP contribution in [0.15, 0.2) is 47.6 Å². The van der Waals surface area contributed by atoms with Crippen LogP contribution in [0, 0.1) is 0 Å². The second-order valence-electron chi connectivity index (χ2n) is 4.35. The first-order chi connectivity index (χ1) is 9.97. The average Bonchev–Trinajstić information content (AvgIpc) is 2.47. The lowest BCUT2D eigenvalue weighted by atomic mass is 10.1. The van der Waals surface area contributed by atoms with E-state index in [1.165, 1.54) is 24.3 Å². The molecule has 0 aliphatic rings. The van der Waals surface area contributed by atoms with Crippen LogP contribution in [0.2, 0.25) is 5.02 Å². The fourth-order valence-corrected chi connectivity index (χ4v) is 1.89. The number of rotatable bonds is 3. The predicted octanol–water partition coefficient (Wildman–Crippen LogP) is 2.91. The zero-order valence-corrected chi connectivity index (χ0v) is 11.9. The number of benzene rings is 2. The molecule has 5 nitrogen and oxygen atoms in total. The van der Waals surface area contributed by atoms with Gasteiger partial charge >= 0.3 is 0 Å². The Kier molecular flexibility index (Phi) is 4.45. The monoisotopic (exact) mass is 304 g/mol. The van der Waals surface area contributed by atoms with Crippen molar-refractivity contribution in [2.75, 3.05) is 0 Å². The minimum absolute atomic E-state index is 0.00137. The first kappa shape index (κ1) is 14.9. The first-order valence-corrected chi connectivity index (χ1v) is 6.47. The molecule has 0 bridgehead atoms. The quantitative estimate of drug-likeness (QED) is 0.463. The summed E-state index contributed by atoms with van der Waals surface area (Å²) in [5.41, 5.74) is 3.44. The van der Waals surface area contributed by atoms with Gasteiger partial charge in [0.15, 0.2) is 0 Å². The van der Waals surface area contributed by atoms with E-state index in [-0.39, 0.29) is 11.5 Å². The third-order valence-corrected chi connectivity index (χ3v) is 3.02. The maximum absolute atomic E-state index is 11.9. The molecule has 0 saturated heterocycles. The van der Waals surface area contributed by atoms with Crippen LogP contribution in [0.3, 0.4) is 0 Å². The summed E-state index contributed by atoms with van der Waals surface area (Å²) in [6, 6.07) is 10.5. The third-order valence-electron chi connectivity index (χ3n) is 2.78. The molecule has 0 fully saturated rings. The summed E-state index contributed by atoms with van der Waals surface area (Å²) in [7, 11) is 0. The molecule has 3 N–H and O–H groups in total. The molecule has 108 valence electrons. The smallest absolute Gasteiger partial charge is 0.271 e. The third kappa shape index (κ3) is 3.73. The first-order valence-electron chi connectivity index (χ1n) is 6.10. The summed E-state index contributed by atoms with van der Waals surface area (Å²) in [6.07, 6.45) is 0. The second kappa shape index (κ2) is 6.28. The second-order valence-corrected chi connectivity index (χ2v) is 4.79. The van der Waals surface area contributed by atoms with Crippen molar-refractivity contribution < 1.29 is 15.0 Å². The van der Waals surface area contributed by atoms with E-state index in [0.29, 0.717) is 21.9 Å². The van der Waals surface area contributed by atoms with Gasteiger partial charge in [-0.2, -0.15) is 5.10 Å². The number of phenolic OH excluding ortho intramolecular Hbond substituents is 2. The SMILES string of the molecule is CC(=NNC(=O)c1cccc(Cl)c1)c1cc(O)ccc1O. The Morgan fingerprint density at radius 2 is 1.95 bits per heavy atom. The summed E-state index contributed by atoms with van der Waals surface area (Å²) >= 11 is 5.81. The lowest BCUT2D eigenvalue weighted by molar-refractivity contribution is 0.0955. The molecular formula is C15H13ClN2O3. The summed E-state index contributed by atoms with van der Waals surface area (Å²) < 4.78 is 0. The highest BCUT2D eigenvalue weighted by Crippen LogP contribution is 2.22. The van der Waals surface area contributed by atoms with Crippen molar-refractivity contribution >= 4 is 23.2 Å². The highest BCUT2D eigenvalue weighted by molar-refractivity contribution is 6.30. The summed E-state index contributed by atoms with van der Waals surface area (Å²) in [4.78, 5) is 11.9. The van der Waals surface area contributed by atoms with E-state index < -0.39 is 5.91 Å². The molecule has 0 aliphatic carbocycles. The Balaban J connectivity index is 2.17. The number of carbonyl (C=O) groups is 1. The summed E-state index contributed by atoms with van der Waals surface area (Å²) in [5, 5.41) is 23.5. The number of hydrogen-bond donors (Lipinski definition) is 3. The van der Waals surface area contributed by atoms with Crippen LogP contribution in [0.4, 0.5) is 0 Å². The van der Waals surface area contributed by atoms with Gasteiger partial charge in [0.1, 0.15) is 11.5 Å². The van der Waals surface area contributed by atoms with Crippen molar-refractivity contribution in [2.45, 2.75) is 6.92 Å². The molecule has 0 spiro atoms. The zero-order valence-electron chi connectivity index (χ0n) is 11.2. The Morgan fingerprint density at radius 1 is 1.19 bits per heavy atom. The lowest BCUT2D eigenvalue weighted by Gasteiger charge is -2.06. The van der Waals surface area contributed by atoms with Gasteiger partial charge in [0.2, 0.25) is 0 Å². The van der Waals surface area contributed by atoms with Crippen molar-refractivity contribution in [3.8, 4) is 11.5 Å². The molecule has 0 saturated carbocycles. The Bertz CT molecular complexity index is 714. The van der Waals surface area contributed by atoms with Crippen molar-refractivity contribution in [3.05, 3.63) is 58.6 Å². The van der Waals surface area contributed by atoms with Crippen molar-refractivity contribution in [1.82, 2.24) is 5.43 Å². The largest absolute Gasteiger partial charge is 0.508 e. The van der Waals surface area contributed by atoms with Crippen LogP contribution >= 0.6 is 11.6 Å². The minimum Gasteiger partial charge on any atom is -0.508 e. The molecule has 0 radical (unpaired) electrons. The highest BCUT2D eigenvalue weighted by Gasteiger charge is 2.08. The molecule has 2 aromatic rings. The molecule has 1 amide bonds. The van der Waals surface area contributed by atoms with Crippen LogP contribution in [0.1, 0.15) is 22.8 Å². The number of nitrogens with one attached hydrogen (secondary N) is 1. The fraction of sp³-hybridized carbons (Fsp3) is 0.0667. The number of nitrogens with zero attached hydrogens (tertiary/aromatic N) is 1. The van der Waals surface area contributed by atoms with Gasteiger partial charge in [-0.25, -0.2) is 5.43 Å². The predicted molar refractivity (Wildman–Crippen MR) is 80.9 cm³/mol. The topological polar surface area (TPSA) is 81.9 Å².